The topological polar surface area (TPSA) is 67.8 Å². The second-order valence-electron chi connectivity index (χ2n) is 6.76. The van der Waals surface area contributed by atoms with Gasteiger partial charge in [-0.05, 0) is 29.8 Å². The molecule has 0 N–H and O–H groups in total. The molecule has 2 saturated heterocycles. The van der Waals surface area contributed by atoms with E-state index in [-0.39, 0.29) is 12.5 Å². The molecule has 1 atom stereocenters. The van der Waals surface area contributed by atoms with E-state index in [1.165, 1.54) is 5.56 Å². The summed E-state index contributed by atoms with van der Waals surface area (Å²) in [5, 5.41) is 0. The smallest absolute Gasteiger partial charge is 0.254 e. The SMILES string of the molecule is O=C1COC2(COCCN(Cc3ccncc3)C2)CN1c1ccccn1. The first-order valence-corrected chi connectivity index (χ1v) is 8.79. The van der Waals surface area contributed by atoms with Crippen LogP contribution in [-0.4, -0.2) is 65.8 Å². The van der Waals surface area contributed by atoms with Crippen molar-refractivity contribution < 1.29 is 14.3 Å². The number of morpholine rings is 1. The van der Waals surface area contributed by atoms with Crippen LogP contribution < -0.4 is 4.90 Å². The number of hydrogen-bond donors (Lipinski definition) is 0. The van der Waals surface area contributed by atoms with Crippen LogP contribution in [-0.2, 0) is 20.8 Å². The lowest BCUT2D eigenvalue weighted by Gasteiger charge is -2.42. The molecule has 1 spiro atoms. The summed E-state index contributed by atoms with van der Waals surface area (Å²) < 4.78 is 11.9. The van der Waals surface area contributed by atoms with Crippen molar-refractivity contribution in [2.24, 2.45) is 0 Å². The summed E-state index contributed by atoms with van der Waals surface area (Å²) in [7, 11) is 0. The Morgan fingerprint density at radius 2 is 2.00 bits per heavy atom. The molecular formula is C19H22N4O3. The Morgan fingerprint density at radius 1 is 1.12 bits per heavy atom. The summed E-state index contributed by atoms with van der Waals surface area (Å²) in [6.45, 7) is 3.92. The monoisotopic (exact) mass is 354 g/mol. The molecule has 7 heteroatoms. The molecule has 136 valence electrons. The third-order valence-electron chi connectivity index (χ3n) is 4.76. The predicted molar refractivity (Wildman–Crippen MR) is 95.6 cm³/mol. The minimum Gasteiger partial charge on any atom is -0.377 e. The summed E-state index contributed by atoms with van der Waals surface area (Å²) in [6.07, 6.45) is 5.31. The zero-order valence-corrected chi connectivity index (χ0v) is 14.6. The Kier molecular flexibility index (Phi) is 4.92. The fourth-order valence-corrected chi connectivity index (χ4v) is 3.49. The van der Waals surface area contributed by atoms with Crippen LogP contribution in [0.15, 0.2) is 48.9 Å². The summed E-state index contributed by atoms with van der Waals surface area (Å²) in [5.41, 5.74) is 0.653. The molecule has 2 aromatic heterocycles. The van der Waals surface area contributed by atoms with Gasteiger partial charge in [0.05, 0.1) is 19.8 Å². The van der Waals surface area contributed by atoms with Crippen LogP contribution in [0.1, 0.15) is 5.56 Å². The lowest BCUT2D eigenvalue weighted by Crippen LogP contribution is -2.60. The third kappa shape index (κ3) is 3.75. The molecule has 0 radical (unpaired) electrons. The van der Waals surface area contributed by atoms with Crippen LogP contribution in [0.5, 0.6) is 0 Å². The van der Waals surface area contributed by atoms with Gasteiger partial charge < -0.3 is 9.47 Å². The summed E-state index contributed by atoms with van der Waals surface area (Å²) >= 11 is 0. The normalized spacial score (nSPS) is 24.6. The molecule has 4 heterocycles. The zero-order chi connectivity index (χ0) is 17.8. The van der Waals surface area contributed by atoms with Gasteiger partial charge in [-0.2, -0.15) is 0 Å². The van der Waals surface area contributed by atoms with E-state index in [0.717, 1.165) is 13.1 Å². The molecule has 0 aromatic carbocycles. The number of carbonyl (C=O) groups is 1. The van der Waals surface area contributed by atoms with Crippen molar-refractivity contribution in [1.82, 2.24) is 14.9 Å². The Labute approximate surface area is 152 Å². The lowest BCUT2D eigenvalue weighted by atomic mass is 10.0. The van der Waals surface area contributed by atoms with Gasteiger partial charge in [0.25, 0.3) is 5.91 Å². The molecule has 2 aliphatic rings. The lowest BCUT2D eigenvalue weighted by molar-refractivity contribution is -0.146. The highest BCUT2D eigenvalue weighted by molar-refractivity contribution is 5.94. The highest BCUT2D eigenvalue weighted by atomic mass is 16.6. The molecule has 1 unspecified atom stereocenters. The van der Waals surface area contributed by atoms with Gasteiger partial charge in [0.1, 0.15) is 18.0 Å². The number of ether oxygens (including phenoxy) is 2. The van der Waals surface area contributed by atoms with Crippen LogP contribution in [0, 0.1) is 0 Å². The summed E-state index contributed by atoms with van der Waals surface area (Å²) in [6, 6.07) is 9.61. The van der Waals surface area contributed by atoms with Gasteiger partial charge in [0.15, 0.2) is 0 Å². The van der Waals surface area contributed by atoms with E-state index in [2.05, 4.69) is 14.9 Å². The minimum absolute atomic E-state index is 0.0447. The van der Waals surface area contributed by atoms with Crippen LogP contribution in [0.2, 0.25) is 0 Å². The maximum Gasteiger partial charge on any atom is 0.254 e. The van der Waals surface area contributed by atoms with Crippen molar-refractivity contribution in [3.05, 3.63) is 54.5 Å². The van der Waals surface area contributed by atoms with Crippen LogP contribution in [0.25, 0.3) is 0 Å². The molecule has 2 aliphatic heterocycles. The first kappa shape index (κ1) is 17.1. The van der Waals surface area contributed by atoms with E-state index >= 15 is 0 Å². The van der Waals surface area contributed by atoms with Gasteiger partial charge in [0, 0.05) is 38.2 Å². The van der Waals surface area contributed by atoms with E-state index in [0.29, 0.717) is 32.1 Å². The van der Waals surface area contributed by atoms with Crippen molar-refractivity contribution in [1.29, 1.82) is 0 Å². The second-order valence-corrected chi connectivity index (χ2v) is 6.76. The molecule has 1 amide bonds. The first-order valence-electron chi connectivity index (χ1n) is 8.79. The second kappa shape index (κ2) is 7.49. The molecule has 2 fully saturated rings. The zero-order valence-electron chi connectivity index (χ0n) is 14.6. The summed E-state index contributed by atoms with van der Waals surface area (Å²) in [5.74, 6) is 0.587. The molecule has 26 heavy (non-hydrogen) atoms. The van der Waals surface area contributed by atoms with Crippen LogP contribution in [0.3, 0.4) is 0 Å². The number of amides is 1. The van der Waals surface area contributed by atoms with Crippen molar-refractivity contribution in [2.75, 3.05) is 44.4 Å². The molecule has 0 bridgehead atoms. The highest BCUT2D eigenvalue weighted by Crippen LogP contribution is 2.26. The van der Waals surface area contributed by atoms with E-state index < -0.39 is 5.60 Å². The quantitative estimate of drug-likeness (QED) is 0.823. The highest BCUT2D eigenvalue weighted by Gasteiger charge is 2.43. The number of carbonyl (C=O) groups excluding carboxylic acids is 1. The van der Waals surface area contributed by atoms with E-state index in [9.17, 15) is 4.79 Å². The largest absolute Gasteiger partial charge is 0.377 e. The third-order valence-corrected chi connectivity index (χ3v) is 4.76. The minimum atomic E-state index is -0.547. The Morgan fingerprint density at radius 3 is 2.81 bits per heavy atom. The first-order chi connectivity index (χ1) is 12.7. The van der Waals surface area contributed by atoms with Crippen molar-refractivity contribution in [3.8, 4) is 0 Å². The maximum absolute atomic E-state index is 12.4. The number of aromatic nitrogens is 2. The molecule has 0 aliphatic carbocycles. The molecular weight excluding hydrogens is 332 g/mol. The Balaban J connectivity index is 1.53. The van der Waals surface area contributed by atoms with Gasteiger partial charge >= 0.3 is 0 Å². The van der Waals surface area contributed by atoms with Crippen molar-refractivity contribution >= 4 is 11.7 Å². The average Bonchev–Trinajstić information content (AvgIpc) is 2.88. The van der Waals surface area contributed by atoms with Gasteiger partial charge in [0.2, 0.25) is 0 Å². The Hall–Kier alpha value is -2.35. The number of pyridine rings is 2. The maximum atomic E-state index is 12.4. The fraction of sp³-hybridized carbons (Fsp3) is 0.421. The number of anilines is 1. The van der Waals surface area contributed by atoms with Gasteiger partial charge in [-0.15, -0.1) is 0 Å². The van der Waals surface area contributed by atoms with Crippen molar-refractivity contribution in [2.45, 2.75) is 12.1 Å². The van der Waals surface area contributed by atoms with Crippen LogP contribution >= 0.6 is 0 Å². The number of hydrogen-bond acceptors (Lipinski definition) is 6. The number of nitrogens with zero attached hydrogens (tertiary/aromatic N) is 4. The van der Waals surface area contributed by atoms with Crippen molar-refractivity contribution in [3.63, 3.8) is 0 Å². The standard InChI is InChI=1S/C19H22N4O3/c24-18-12-26-19(14-23(18)17-3-1-2-6-21-17)13-22(9-10-25-15-19)11-16-4-7-20-8-5-16/h1-8H,9-15H2. The van der Waals surface area contributed by atoms with Gasteiger partial charge in [-0.3, -0.25) is 19.6 Å². The Bertz CT molecular complexity index is 743. The number of rotatable bonds is 3. The van der Waals surface area contributed by atoms with E-state index in [1.807, 2.05) is 30.3 Å². The molecule has 2 aromatic rings. The average molecular weight is 354 g/mol. The predicted octanol–water partition coefficient (Wildman–Crippen LogP) is 1.11. The van der Waals surface area contributed by atoms with Gasteiger partial charge in [-0.1, -0.05) is 6.07 Å². The molecule has 7 nitrogen and oxygen atoms in total. The van der Waals surface area contributed by atoms with Gasteiger partial charge in [-0.25, -0.2) is 4.98 Å². The molecule has 4 rings (SSSR count). The van der Waals surface area contributed by atoms with E-state index in [4.69, 9.17) is 9.47 Å². The summed E-state index contributed by atoms with van der Waals surface area (Å²) in [4.78, 5) is 24.8. The fourth-order valence-electron chi connectivity index (χ4n) is 3.49. The van der Waals surface area contributed by atoms with Crippen LogP contribution in [0.4, 0.5) is 5.82 Å². The van der Waals surface area contributed by atoms with E-state index in [1.54, 1.807) is 23.5 Å². The molecule has 0 saturated carbocycles.